The van der Waals surface area contributed by atoms with Crippen molar-refractivity contribution in [2.75, 3.05) is 11.5 Å². The van der Waals surface area contributed by atoms with Gasteiger partial charge in [0, 0.05) is 11.4 Å². The first-order valence-electron chi connectivity index (χ1n) is 7.66. The first-order chi connectivity index (χ1) is 12.4. The van der Waals surface area contributed by atoms with Crippen LogP contribution < -0.4 is 11.5 Å². The number of aromatic carboxylic acids is 2. The maximum atomic E-state index is 11.3. The number of hydrogen-bond donors (Lipinski definition) is 4. The van der Waals surface area contributed by atoms with E-state index in [-0.39, 0.29) is 11.1 Å². The van der Waals surface area contributed by atoms with Crippen LogP contribution in [0.4, 0.5) is 11.4 Å². The van der Waals surface area contributed by atoms with Gasteiger partial charge in [-0.25, -0.2) is 9.59 Å². The van der Waals surface area contributed by atoms with Gasteiger partial charge in [0.15, 0.2) is 0 Å². The Morgan fingerprint density at radius 1 is 0.654 bits per heavy atom. The summed E-state index contributed by atoms with van der Waals surface area (Å²) >= 11 is 0. The predicted molar refractivity (Wildman–Crippen MR) is 101 cm³/mol. The van der Waals surface area contributed by atoms with E-state index >= 15 is 0 Å². The molecule has 0 fully saturated rings. The summed E-state index contributed by atoms with van der Waals surface area (Å²) in [5.74, 6) is -2.49. The molecule has 0 heterocycles. The van der Waals surface area contributed by atoms with E-state index in [1.807, 2.05) is 6.07 Å². The van der Waals surface area contributed by atoms with Crippen LogP contribution in [0.15, 0.2) is 72.8 Å². The molecule has 0 bridgehead atoms. The highest BCUT2D eigenvalue weighted by Gasteiger charge is 2.20. The van der Waals surface area contributed by atoms with Crippen molar-refractivity contribution in [2.45, 2.75) is 0 Å². The molecule has 0 unspecified atom stereocenters. The number of benzene rings is 3. The predicted octanol–water partition coefficient (Wildman–Crippen LogP) is 3.60. The Bertz CT molecular complexity index is 886. The van der Waals surface area contributed by atoms with Crippen LogP contribution in [0.1, 0.15) is 20.7 Å². The van der Waals surface area contributed by atoms with Gasteiger partial charge in [-0.15, -0.1) is 0 Å². The van der Waals surface area contributed by atoms with Crippen LogP contribution in [0, 0.1) is 0 Å². The molecule has 3 rings (SSSR count). The Balaban J connectivity index is 0.000000254. The van der Waals surface area contributed by atoms with E-state index in [1.54, 1.807) is 54.6 Å². The van der Waals surface area contributed by atoms with E-state index in [0.717, 1.165) is 11.4 Å². The zero-order valence-corrected chi connectivity index (χ0v) is 13.8. The molecule has 6 N–H and O–H groups in total. The van der Waals surface area contributed by atoms with Crippen LogP contribution >= 0.6 is 0 Å². The van der Waals surface area contributed by atoms with Gasteiger partial charge >= 0.3 is 11.9 Å². The first kappa shape index (κ1) is 18.5. The molecule has 0 aliphatic carbocycles. The van der Waals surface area contributed by atoms with E-state index in [9.17, 15) is 14.7 Å². The second kappa shape index (κ2) is 8.34. The molecule has 0 radical (unpaired) electrons. The molecule has 0 aliphatic rings. The van der Waals surface area contributed by atoms with Crippen LogP contribution in [0.2, 0.25) is 0 Å². The third kappa shape index (κ3) is 4.61. The van der Waals surface area contributed by atoms with E-state index in [2.05, 4.69) is 0 Å². The molecular weight excluding hydrogens is 332 g/mol. The lowest BCUT2D eigenvalue weighted by molar-refractivity contribution is 0.0652. The van der Waals surface area contributed by atoms with Crippen molar-refractivity contribution in [2.24, 2.45) is 0 Å². The summed E-state index contributed by atoms with van der Waals surface area (Å²) in [4.78, 5) is 22.3. The van der Waals surface area contributed by atoms with Gasteiger partial charge in [0.25, 0.3) is 0 Å². The van der Waals surface area contributed by atoms with E-state index in [4.69, 9.17) is 16.6 Å². The van der Waals surface area contributed by atoms with Gasteiger partial charge in [-0.2, -0.15) is 0 Å². The van der Waals surface area contributed by atoms with Gasteiger partial charge in [0.2, 0.25) is 0 Å². The fourth-order valence-corrected chi connectivity index (χ4v) is 2.32. The number of nitrogen functional groups attached to an aromatic ring is 2. The normalized spacial score (nSPS) is 9.69. The molecular formula is C20H18N2O4. The summed E-state index contributed by atoms with van der Waals surface area (Å²) in [7, 11) is 0. The summed E-state index contributed by atoms with van der Waals surface area (Å²) in [5.41, 5.74) is 12.9. The molecule has 0 amide bonds. The third-order valence-corrected chi connectivity index (χ3v) is 3.53. The number of carboxylic acid groups (broad SMARTS) is 2. The molecule has 0 saturated heterocycles. The van der Waals surface area contributed by atoms with Crippen LogP contribution in [0.3, 0.4) is 0 Å². The van der Waals surface area contributed by atoms with Crippen molar-refractivity contribution < 1.29 is 19.8 Å². The highest BCUT2D eigenvalue weighted by molar-refractivity contribution is 6.06. The lowest BCUT2D eigenvalue weighted by Crippen LogP contribution is -2.09. The second-order valence-corrected chi connectivity index (χ2v) is 5.37. The smallest absolute Gasteiger partial charge is 0.337 e. The first-order valence-corrected chi connectivity index (χ1v) is 7.66. The molecule has 0 aromatic heterocycles. The SMILES string of the molecule is Nc1ccc(N)cc1.O=C(O)c1cccc(-c2ccccc2)c1C(=O)O. The Labute approximate surface area is 150 Å². The molecule has 3 aromatic carbocycles. The number of rotatable bonds is 3. The lowest BCUT2D eigenvalue weighted by atomic mass is 9.95. The highest BCUT2D eigenvalue weighted by atomic mass is 16.4. The largest absolute Gasteiger partial charge is 0.478 e. The van der Waals surface area contributed by atoms with Gasteiger partial charge < -0.3 is 21.7 Å². The van der Waals surface area contributed by atoms with Crippen LogP contribution in [0.5, 0.6) is 0 Å². The Morgan fingerprint density at radius 2 is 1.19 bits per heavy atom. The molecule has 132 valence electrons. The minimum atomic E-state index is -1.25. The number of carbonyl (C=O) groups is 2. The molecule has 0 saturated carbocycles. The summed E-state index contributed by atoms with van der Waals surface area (Å²) < 4.78 is 0. The summed E-state index contributed by atoms with van der Waals surface area (Å²) in [6, 6.07) is 20.4. The van der Waals surface area contributed by atoms with Crippen LogP contribution in [-0.2, 0) is 0 Å². The number of anilines is 2. The maximum Gasteiger partial charge on any atom is 0.337 e. The molecule has 6 nitrogen and oxygen atoms in total. The second-order valence-electron chi connectivity index (χ2n) is 5.37. The van der Waals surface area contributed by atoms with Gasteiger partial charge in [-0.3, -0.25) is 0 Å². The monoisotopic (exact) mass is 350 g/mol. The third-order valence-electron chi connectivity index (χ3n) is 3.53. The fraction of sp³-hybridized carbons (Fsp3) is 0. The van der Waals surface area contributed by atoms with Crippen LogP contribution in [0.25, 0.3) is 11.1 Å². The van der Waals surface area contributed by atoms with Gasteiger partial charge in [0.05, 0.1) is 11.1 Å². The zero-order valence-electron chi connectivity index (χ0n) is 13.8. The van der Waals surface area contributed by atoms with Gasteiger partial charge in [0.1, 0.15) is 0 Å². The van der Waals surface area contributed by atoms with Gasteiger partial charge in [-0.1, -0.05) is 42.5 Å². The van der Waals surface area contributed by atoms with Crippen molar-refractivity contribution in [3.8, 4) is 11.1 Å². The standard InChI is InChI=1S/C14H10O4.C6H8N2/c15-13(16)11-8-4-7-10(12(11)14(17)18)9-5-2-1-3-6-9;7-5-1-2-6(8)4-3-5/h1-8H,(H,15,16)(H,17,18);1-4H,7-8H2. The average Bonchev–Trinajstić information content (AvgIpc) is 2.64. The van der Waals surface area contributed by atoms with Crippen molar-refractivity contribution in [3.63, 3.8) is 0 Å². The van der Waals surface area contributed by atoms with E-state index < -0.39 is 11.9 Å². The highest BCUT2D eigenvalue weighted by Crippen LogP contribution is 2.26. The molecule has 0 spiro atoms. The van der Waals surface area contributed by atoms with Crippen molar-refractivity contribution in [1.29, 1.82) is 0 Å². The zero-order chi connectivity index (χ0) is 19.1. The van der Waals surface area contributed by atoms with E-state index in [1.165, 1.54) is 12.1 Å². The Hall–Kier alpha value is -3.80. The maximum absolute atomic E-state index is 11.3. The molecule has 26 heavy (non-hydrogen) atoms. The topological polar surface area (TPSA) is 127 Å². The van der Waals surface area contributed by atoms with Crippen LogP contribution in [-0.4, -0.2) is 22.2 Å². The summed E-state index contributed by atoms with van der Waals surface area (Å²) in [6.07, 6.45) is 0. The number of hydrogen-bond acceptors (Lipinski definition) is 4. The van der Waals surface area contributed by atoms with Crippen molar-refractivity contribution in [3.05, 3.63) is 83.9 Å². The van der Waals surface area contributed by atoms with Gasteiger partial charge in [-0.05, 0) is 41.5 Å². The molecule has 0 atom stereocenters. The van der Waals surface area contributed by atoms with Crippen molar-refractivity contribution in [1.82, 2.24) is 0 Å². The fourth-order valence-electron chi connectivity index (χ4n) is 2.32. The summed E-state index contributed by atoms with van der Waals surface area (Å²) in [5, 5.41) is 18.2. The minimum absolute atomic E-state index is 0.184. The Morgan fingerprint density at radius 3 is 1.65 bits per heavy atom. The Kier molecular flexibility index (Phi) is 5.95. The lowest BCUT2D eigenvalue weighted by Gasteiger charge is -2.08. The quantitative estimate of drug-likeness (QED) is 0.535. The summed E-state index contributed by atoms with van der Waals surface area (Å²) in [6.45, 7) is 0. The minimum Gasteiger partial charge on any atom is -0.478 e. The average molecular weight is 350 g/mol. The van der Waals surface area contributed by atoms with Crippen molar-refractivity contribution >= 4 is 23.3 Å². The van der Waals surface area contributed by atoms with E-state index in [0.29, 0.717) is 11.1 Å². The molecule has 6 heteroatoms. The molecule has 3 aromatic rings. The number of carboxylic acids is 2. The number of nitrogens with two attached hydrogens (primary N) is 2. The molecule has 0 aliphatic heterocycles.